The first-order chi connectivity index (χ1) is 9.13. The van der Waals surface area contributed by atoms with Crippen LogP contribution in [-0.2, 0) is 9.53 Å². The second-order valence-electron chi connectivity index (χ2n) is 3.87. The van der Waals surface area contributed by atoms with Crippen molar-refractivity contribution in [1.82, 2.24) is 14.9 Å². The lowest BCUT2D eigenvalue weighted by Crippen LogP contribution is -2.41. The molecular formula is C12H15N5O2. The number of esters is 1. The van der Waals surface area contributed by atoms with E-state index in [0.717, 1.165) is 10.9 Å². The summed E-state index contributed by atoms with van der Waals surface area (Å²) in [6, 6.07) is 3.61. The van der Waals surface area contributed by atoms with Gasteiger partial charge in [-0.3, -0.25) is 10.4 Å². The molecule has 0 aliphatic heterocycles. The molecule has 4 N–H and O–H groups in total. The van der Waals surface area contributed by atoms with E-state index in [9.17, 15) is 4.79 Å². The molecule has 0 spiro atoms. The third kappa shape index (κ3) is 2.65. The lowest BCUT2D eigenvalue weighted by molar-refractivity contribution is -0.147. The van der Waals surface area contributed by atoms with E-state index >= 15 is 0 Å². The molecule has 100 valence electrons. The van der Waals surface area contributed by atoms with Gasteiger partial charge in [-0.15, -0.1) is 0 Å². The van der Waals surface area contributed by atoms with Gasteiger partial charge >= 0.3 is 5.97 Å². The molecule has 2 heterocycles. The minimum atomic E-state index is -0.864. The molecular weight excluding hydrogens is 246 g/mol. The van der Waals surface area contributed by atoms with E-state index in [1.165, 1.54) is 0 Å². The number of hydrogen-bond donors (Lipinski definition) is 3. The summed E-state index contributed by atoms with van der Waals surface area (Å²) >= 11 is 0. The number of aromatic nitrogens is 2. The minimum absolute atomic E-state index is 0.260. The van der Waals surface area contributed by atoms with E-state index in [1.54, 1.807) is 36.1 Å². The predicted molar refractivity (Wildman–Crippen MR) is 70.5 cm³/mol. The van der Waals surface area contributed by atoms with Gasteiger partial charge in [0.25, 0.3) is 0 Å². The molecule has 0 fully saturated rings. The maximum atomic E-state index is 11.9. The highest BCUT2D eigenvalue weighted by molar-refractivity contribution is 5.86. The molecule has 7 nitrogen and oxygen atoms in total. The van der Waals surface area contributed by atoms with Crippen molar-refractivity contribution in [3.8, 4) is 0 Å². The van der Waals surface area contributed by atoms with Crippen molar-refractivity contribution in [3.05, 3.63) is 30.7 Å². The summed E-state index contributed by atoms with van der Waals surface area (Å²) in [6.07, 6.45) is 4.19. The molecule has 19 heavy (non-hydrogen) atoms. The standard InChI is InChI=1S/C12H15N5O2/c1-2-19-11(18)10(16-12(13)14)17-6-4-8-7-15-5-3-9(8)17/h3-7,10H,2H2,1H3,(H4,13,14,16). The Bertz CT molecular complexity index is 607. The van der Waals surface area contributed by atoms with Gasteiger partial charge in [0, 0.05) is 24.0 Å². The van der Waals surface area contributed by atoms with Crippen molar-refractivity contribution in [2.45, 2.75) is 13.1 Å². The SMILES string of the molecule is CCOC(=O)C(NC(=N)N)n1ccc2cnccc21. The summed E-state index contributed by atoms with van der Waals surface area (Å²) in [5.41, 5.74) is 6.12. The summed E-state index contributed by atoms with van der Waals surface area (Å²) in [5, 5.41) is 10.8. The van der Waals surface area contributed by atoms with Crippen molar-refractivity contribution in [3.63, 3.8) is 0 Å². The van der Waals surface area contributed by atoms with E-state index in [0.29, 0.717) is 0 Å². The van der Waals surface area contributed by atoms with Crippen LogP contribution < -0.4 is 11.1 Å². The quantitative estimate of drug-likeness (QED) is 0.424. The zero-order valence-corrected chi connectivity index (χ0v) is 10.5. The van der Waals surface area contributed by atoms with Crippen LogP contribution in [0.25, 0.3) is 10.9 Å². The van der Waals surface area contributed by atoms with Crippen molar-refractivity contribution in [2.24, 2.45) is 5.73 Å². The molecule has 1 unspecified atom stereocenters. The van der Waals surface area contributed by atoms with E-state index in [2.05, 4.69) is 10.3 Å². The molecule has 0 saturated carbocycles. The highest BCUT2D eigenvalue weighted by Crippen LogP contribution is 2.18. The number of nitrogens with zero attached hydrogens (tertiary/aromatic N) is 2. The lowest BCUT2D eigenvalue weighted by Gasteiger charge is -2.19. The fraction of sp³-hybridized carbons (Fsp3) is 0.250. The van der Waals surface area contributed by atoms with Gasteiger partial charge in [-0.1, -0.05) is 0 Å². The third-order valence-corrected chi connectivity index (χ3v) is 2.60. The van der Waals surface area contributed by atoms with Crippen LogP contribution in [0.5, 0.6) is 0 Å². The average Bonchev–Trinajstić information content (AvgIpc) is 2.79. The zero-order valence-electron chi connectivity index (χ0n) is 10.5. The number of ether oxygens (including phenoxy) is 1. The first-order valence-corrected chi connectivity index (χ1v) is 5.81. The number of fused-ring (bicyclic) bond motifs is 1. The molecule has 0 aliphatic carbocycles. The summed E-state index contributed by atoms with van der Waals surface area (Å²) in [4.78, 5) is 16.0. The Morgan fingerprint density at radius 2 is 2.42 bits per heavy atom. The molecule has 0 bridgehead atoms. The van der Waals surface area contributed by atoms with Gasteiger partial charge in [0.15, 0.2) is 5.96 Å². The molecule has 0 aliphatic rings. The first-order valence-electron chi connectivity index (χ1n) is 5.81. The van der Waals surface area contributed by atoms with E-state index in [1.807, 2.05) is 6.07 Å². The van der Waals surface area contributed by atoms with Crippen LogP contribution in [0.15, 0.2) is 30.7 Å². The number of pyridine rings is 1. The number of guanidine groups is 1. The highest BCUT2D eigenvalue weighted by atomic mass is 16.5. The highest BCUT2D eigenvalue weighted by Gasteiger charge is 2.23. The lowest BCUT2D eigenvalue weighted by atomic mass is 10.3. The Hall–Kier alpha value is -2.57. The fourth-order valence-electron chi connectivity index (χ4n) is 1.84. The minimum Gasteiger partial charge on any atom is -0.463 e. The van der Waals surface area contributed by atoms with Crippen LogP contribution in [0.4, 0.5) is 0 Å². The van der Waals surface area contributed by atoms with Crippen molar-refractivity contribution < 1.29 is 9.53 Å². The molecule has 0 saturated heterocycles. The molecule has 0 radical (unpaired) electrons. The van der Waals surface area contributed by atoms with Crippen LogP contribution in [0, 0.1) is 5.41 Å². The monoisotopic (exact) mass is 261 g/mol. The maximum Gasteiger partial charge on any atom is 0.350 e. The van der Waals surface area contributed by atoms with Gasteiger partial charge in [0.2, 0.25) is 6.17 Å². The molecule has 0 aromatic carbocycles. The fourth-order valence-corrected chi connectivity index (χ4v) is 1.84. The molecule has 2 aromatic heterocycles. The van der Waals surface area contributed by atoms with Gasteiger partial charge < -0.3 is 20.4 Å². The van der Waals surface area contributed by atoms with Gasteiger partial charge in [-0.2, -0.15) is 0 Å². The molecule has 0 amide bonds. The number of hydrogen-bond acceptors (Lipinski definition) is 4. The Kier molecular flexibility index (Phi) is 3.65. The van der Waals surface area contributed by atoms with E-state index in [4.69, 9.17) is 15.9 Å². The smallest absolute Gasteiger partial charge is 0.350 e. The number of nitrogens with one attached hydrogen (secondary N) is 2. The van der Waals surface area contributed by atoms with Crippen LogP contribution in [-0.4, -0.2) is 28.1 Å². The summed E-state index contributed by atoms with van der Waals surface area (Å²) in [5.74, 6) is -0.791. The molecule has 7 heteroatoms. The normalized spacial score (nSPS) is 12.1. The second-order valence-corrected chi connectivity index (χ2v) is 3.87. The molecule has 2 aromatic rings. The maximum absolute atomic E-state index is 11.9. The van der Waals surface area contributed by atoms with Crippen molar-refractivity contribution >= 4 is 22.8 Å². The number of carbonyl (C=O) groups is 1. The summed E-state index contributed by atoms with van der Waals surface area (Å²) < 4.78 is 6.65. The number of rotatable bonds is 4. The first kappa shape index (κ1) is 12.9. The topological polar surface area (TPSA) is 106 Å². The number of carbonyl (C=O) groups excluding carboxylic acids is 1. The average molecular weight is 261 g/mol. The van der Waals surface area contributed by atoms with E-state index < -0.39 is 12.1 Å². The third-order valence-electron chi connectivity index (χ3n) is 2.60. The van der Waals surface area contributed by atoms with Crippen LogP contribution >= 0.6 is 0 Å². The molecule has 1 atom stereocenters. The summed E-state index contributed by atoms with van der Waals surface area (Å²) in [7, 11) is 0. The van der Waals surface area contributed by atoms with Gasteiger partial charge in [-0.05, 0) is 19.1 Å². The Morgan fingerprint density at radius 3 is 3.11 bits per heavy atom. The Morgan fingerprint density at radius 1 is 1.63 bits per heavy atom. The molecule has 2 rings (SSSR count). The zero-order chi connectivity index (χ0) is 13.8. The Balaban J connectivity index is 2.42. The summed E-state index contributed by atoms with van der Waals surface area (Å²) in [6.45, 7) is 1.98. The van der Waals surface area contributed by atoms with Crippen LogP contribution in [0.2, 0.25) is 0 Å². The van der Waals surface area contributed by atoms with Crippen LogP contribution in [0.3, 0.4) is 0 Å². The largest absolute Gasteiger partial charge is 0.463 e. The predicted octanol–water partition coefficient (Wildman–Crippen LogP) is 0.581. The second kappa shape index (κ2) is 5.38. The number of nitrogens with two attached hydrogens (primary N) is 1. The van der Waals surface area contributed by atoms with Gasteiger partial charge in [0.05, 0.1) is 12.1 Å². The van der Waals surface area contributed by atoms with Crippen molar-refractivity contribution in [2.75, 3.05) is 6.61 Å². The van der Waals surface area contributed by atoms with E-state index in [-0.39, 0.29) is 12.6 Å². The van der Waals surface area contributed by atoms with Crippen molar-refractivity contribution in [1.29, 1.82) is 5.41 Å². The van der Waals surface area contributed by atoms with Gasteiger partial charge in [0.1, 0.15) is 0 Å². The van der Waals surface area contributed by atoms with Crippen LogP contribution in [0.1, 0.15) is 13.1 Å². The Labute approximate surface area is 109 Å². The van der Waals surface area contributed by atoms with Gasteiger partial charge in [-0.25, -0.2) is 4.79 Å².